The first-order valence-electron chi connectivity index (χ1n) is 13.0. The molecule has 3 saturated heterocycles. The van der Waals surface area contributed by atoms with Crippen LogP contribution in [0.25, 0.3) is 0 Å². The van der Waals surface area contributed by atoms with Crippen LogP contribution in [0, 0.1) is 0 Å². The molecule has 3 N–H and O–H groups in total. The molecular formula is C26H40N4O5. The first kappa shape index (κ1) is 25.9. The van der Waals surface area contributed by atoms with Gasteiger partial charge in [0.1, 0.15) is 6.10 Å². The molecule has 0 aliphatic carbocycles. The third kappa shape index (κ3) is 7.39. The fourth-order valence-corrected chi connectivity index (χ4v) is 5.34. The lowest BCUT2D eigenvalue weighted by Crippen LogP contribution is -2.59. The van der Waals surface area contributed by atoms with Crippen molar-refractivity contribution in [3.8, 4) is 0 Å². The standard InChI is InChI=1S/C26H40N4O5/c1-2-11-27-26(33)30-16-21(31)17-34-18-24-23(30)9-8-22(35-24)13-25(32)28-20-10-12-29(15-20)14-19-6-4-3-5-7-19/h3-7,20-24,31H,2,8-18H2,1H3,(H,27,33)(H,28,32)/t20-,21-,22-,23-,24+/m0/s1. The summed E-state index contributed by atoms with van der Waals surface area (Å²) in [6, 6.07) is 10.2. The van der Waals surface area contributed by atoms with E-state index in [9.17, 15) is 14.7 Å². The van der Waals surface area contributed by atoms with E-state index in [4.69, 9.17) is 9.47 Å². The Labute approximate surface area is 208 Å². The van der Waals surface area contributed by atoms with Crippen molar-refractivity contribution in [3.05, 3.63) is 35.9 Å². The highest BCUT2D eigenvalue weighted by atomic mass is 16.5. The minimum Gasteiger partial charge on any atom is -0.389 e. The zero-order valence-corrected chi connectivity index (χ0v) is 20.7. The van der Waals surface area contributed by atoms with Crippen LogP contribution in [-0.4, -0.2) is 96.6 Å². The second-order valence-electron chi connectivity index (χ2n) is 9.99. The molecule has 0 aromatic heterocycles. The maximum Gasteiger partial charge on any atom is 0.317 e. The van der Waals surface area contributed by atoms with Crippen molar-refractivity contribution in [3.63, 3.8) is 0 Å². The number of aliphatic hydroxyl groups is 1. The fraction of sp³-hybridized carbons (Fsp3) is 0.692. The average Bonchev–Trinajstić information content (AvgIpc) is 3.27. The van der Waals surface area contributed by atoms with E-state index in [1.165, 1.54) is 5.56 Å². The summed E-state index contributed by atoms with van der Waals surface area (Å²) in [6.45, 7) is 6.01. The minimum absolute atomic E-state index is 0.0136. The van der Waals surface area contributed by atoms with E-state index >= 15 is 0 Å². The number of nitrogens with zero attached hydrogens (tertiary/aromatic N) is 2. The number of amides is 3. The minimum atomic E-state index is -0.723. The summed E-state index contributed by atoms with van der Waals surface area (Å²) in [5.74, 6) is 0.0136. The van der Waals surface area contributed by atoms with E-state index in [1.807, 2.05) is 13.0 Å². The summed E-state index contributed by atoms with van der Waals surface area (Å²) in [5.41, 5.74) is 1.29. The predicted octanol–water partition coefficient (Wildman–Crippen LogP) is 1.50. The lowest BCUT2D eigenvalue weighted by molar-refractivity contribution is -0.150. The first-order valence-corrected chi connectivity index (χ1v) is 13.0. The van der Waals surface area contributed by atoms with Crippen molar-refractivity contribution in [1.29, 1.82) is 0 Å². The summed E-state index contributed by atoms with van der Waals surface area (Å²) >= 11 is 0. The number of hydrogen-bond acceptors (Lipinski definition) is 6. The third-order valence-corrected chi connectivity index (χ3v) is 7.07. The Hall–Kier alpha value is -2.20. The predicted molar refractivity (Wildman–Crippen MR) is 132 cm³/mol. The van der Waals surface area contributed by atoms with Crippen LogP contribution in [0.1, 0.15) is 44.6 Å². The molecule has 1 aromatic carbocycles. The largest absolute Gasteiger partial charge is 0.389 e. The van der Waals surface area contributed by atoms with Crippen LogP contribution in [0.4, 0.5) is 4.79 Å². The van der Waals surface area contributed by atoms with E-state index < -0.39 is 6.10 Å². The Balaban J connectivity index is 1.26. The van der Waals surface area contributed by atoms with Gasteiger partial charge in [0.25, 0.3) is 0 Å². The average molecular weight is 489 g/mol. The second kappa shape index (κ2) is 12.7. The Bertz CT molecular complexity index is 825. The zero-order chi connectivity index (χ0) is 24.6. The zero-order valence-electron chi connectivity index (χ0n) is 20.7. The molecule has 0 unspecified atom stereocenters. The number of urea groups is 1. The van der Waals surface area contributed by atoms with E-state index in [0.717, 1.165) is 32.5 Å². The normalized spacial score (nSPS) is 29.7. The van der Waals surface area contributed by atoms with Crippen LogP contribution >= 0.6 is 0 Å². The van der Waals surface area contributed by atoms with Gasteiger partial charge in [0.05, 0.1) is 44.4 Å². The highest BCUT2D eigenvalue weighted by Crippen LogP contribution is 2.28. The Morgan fingerprint density at radius 1 is 1.11 bits per heavy atom. The number of aliphatic hydroxyl groups excluding tert-OH is 1. The van der Waals surface area contributed by atoms with Crippen molar-refractivity contribution >= 4 is 11.9 Å². The molecule has 194 valence electrons. The van der Waals surface area contributed by atoms with Crippen LogP contribution in [0.5, 0.6) is 0 Å². The molecular weight excluding hydrogens is 448 g/mol. The highest BCUT2D eigenvalue weighted by molar-refractivity contribution is 5.77. The molecule has 3 amide bonds. The van der Waals surface area contributed by atoms with Crippen LogP contribution in [0.2, 0.25) is 0 Å². The van der Waals surface area contributed by atoms with Gasteiger partial charge in [-0.2, -0.15) is 0 Å². The van der Waals surface area contributed by atoms with Gasteiger partial charge in [-0.05, 0) is 31.2 Å². The van der Waals surface area contributed by atoms with E-state index in [1.54, 1.807) is 4.90 Å². The number of hydrogen-bond donors (Lipinski definition) is 3. The van der Waals surface area contributed by atoms with Crippen LogP contribution in [0.3, 0.4) is 0 Å². The number of rotatable bonds is 7. The molecule has 3 aliphatic rings. The highest BCUT2D eigenvalue weighted by Gasteiger charge is 2.40. The Kier molecular flexibility index (Phi) is 9.37. The van der Waals surface area contributed by atoms with E-state index in [2.05, 4.69) is 39.8 Å². The maximum absolute atomic E-state index is 12.8. The van der Waals surface area contributed by atoms with Gasteiger partial charge in [0.15, 0.2) is 0 Å². The van der Waals surface area contributed by atoms with Crippen molar-refractivity contribution < 1.29 is 24.2 Å². The topological polar surface area (TPSA) is 103 Å². The molecule has 3 aliphatic heterocycles. The van der Waals surface area contributed by atoms with Crippen molar-refractivity contribution in [2.24, 2.45) is 0 Å². The van der Waals surface area contributed by atoms with Crippen molar-refractivity contribution in [2.75, 3.05) is 39.4 Å². The molecule has 0 spiro atoms. The summed E-state index contributed by atoms with van der Waals surface area (Å²) in [5, 5.41) is 16.3. The van der Waals surface area contributed by atoms with Gasteiger partial charge in [-0.1, -0.05) is 37.3 Å². The number of carbonyl (C=O) groups excluding carboxylic acids is 2. The maximum atomic E-state index is 12.8. The molecule has 1 aromatic rings. The molecule has 3 fully saturated rings. The molecule has 4 rings (SSSR count). The molecule has 0 radical (unpaired) electrons. The Morgan fingerprint density at radius 2 is 1.94 bits per heavy atom. The monoisotopic (exact) mass is 488 g/mol. The van der Waals surface area contributed by atoms with Gasteiger partial charge < -0.3 is 30.1 Å². The third-order valence-electron chi connectivity index (χ3n) is 7.07. The van der Waals surface area contributed by atoms with Gasteiger partial charge in [-0.3, -0.25) is 9.69 Å². The molecule has 9 heteroatoms. The number of fused-ring (bicyclic) bond motifs is 1. The molecule has 5 atom stereocenters. The van der Waals surface area contributed by atoms with Crippen molar-refractivity contribution in [2.45, 2.75) is 76.0 Å². The van der Waals surface area contributed by atoms with Gasteiger partial charge in [0, 0.05) is 32.2 Å². The van der Waals surface area contributed by atoms with E-state index in [0.29, 0.717) is 32.4 Å². The number of β-amino-alcohol motifs (C(OH)–C–C–N with tert-alkyl or cyclic N) is 1. The molecule has 0 saturated carbocycles. The van der Waals surface area contributed by atoms with Crippen LogP contribution in [-0.2, 0) is 20.8 Å². The number of nitrogens with one attached hydrogen (secondary N) is 2. The van der Waals surface area contributed by atoms with Gasteiger partial charge in [-0.15, -0.1) is 0 Å². The molecule has 9 nitrogen and oxygen atoms in total. The quantitative estimate of drug-likeness (QED) is 0.538. The summed E-state index contributed by atoms with van der Waals surface area (Å²) < 4.78 is 11.9. The van der Waals surface area contributed by atoms with Crippen LogP contribution in [0.15, 0.2) is 30.3 Å². The number of likely N-dealkylation sites (tertiary alicyclic amines) is 1. The number of ether oxygens (including phenoxy) is 2. The molecule has 3 heterocycles. The Morgan fingerprint density at radius 3 is 2.74 bits per heavy atom. The lowest BCUT2D eigenvalue weighted by Gasteiger charge is -2.44. The van der Waals surface area contributed by atoms with Gasteiger partial charge in [0.2, 0.25) is 5.91 Å². The van der Waals surface area contributed by atoms with E-state index in [-0.39, 0.29) is 49.4 Å². The van der Waals surface area contributed by atoms with Crippen LogP contribution < -0.4 is 10.6 Å². The number of benzene rings is 1. The van der Waals surface area contributed by atoms with Gasteiger partial charge in [-0.25, -0.2) is 4.79 Å². The lowest BCUT2D eigenvalue weighted by atomic mass is 9.95. The smallest absolute Gasteiger partial charge is 0.317 e. The summed E-state index contributed by atoms with van der Waals surface area (Å²) in [6.07, 6.45) is 2.27. The van der Waals surface area contributed by atoms with Crippen molar-refractivity contribution in [1.82, 2.24) is 20.4 Å². The first-order chi connectivity index (χ1) is 17.0. The molecule has 0 bridgehead atoms. The molecule has 35 heavy (non-hydrogen) atoms. The number of carbonyl (C=O) groups is 2. The second-order valence-corrected chi connectivity index (χ2v) is 9.99. The van der Waals surface area contributed by atoms with Gasteiger partial charge >= 0.3 is 6.03 Å². The summed E-state index contributed by atoms with van der Waals surface area (Å²) in [4.78, 5) is 29.6. The summed E-state index contributed by atoms with van der Waals surface area (Å²) in [7, 11) is 0. The SMILES string of the molecule is CCCNC(=O)N1C[C@H](O)COC[C@H]2O[C@H](CC(=O)N[C@H]3CCN(Cc4ccccc4)C3)CC[C@@H]21. The fourth-order valence-electron chi connectivity index (χ4n) is 5.34.